The first-order valence-corrected chi connectivity index (χ1v) is 11.6. The topological polar surface area (TPSA) is 113 Å². The number of carbonyl (C=O) groups is 1. The van der Waals surface area contributed by atoms with Gasteiger partial charge in [-0.3, -0.25) is 9.48 Å². The summed E-state index contributed by atoms with van der Waals surface area (Å²) in [4.78, 5) is 22.3. The zero-order valence-corrected chi connectivity index (χ0v) is 19.0. The summed E-state index contributed by atoms with van der Waals surface area (Å²) in [6.45, 7) is 4.78. The van der Waals surface area contributed by atoms with Crippen LogP contribution in [-0.4, -0.2) is 69.5 Å². The van der Waals surface area contributed by atoms with Crippen molar-refractivity contribution in [3.05, 3.63) is 48.4 Å². The van der Waals surface area contributed by atoms with Gasteiger partial charge in [0.05, 0.1) is 22.5 Å². The molecule has 2 aromatic heterocycles. The van der Waals surface area contributed by atoms with E-state index < -0.39 is 10.0 Å². The van der Waals surface area contributed by atoms with Gasteiger partial charge in [-0.2, -0.15) is 9.40 Å². The number of hydrogen-bond acceptors (Lipinski definition) is 7. The van der Waals surface area contributed by atoms with Gasteiger partial charge >= 0.3 is 0 Å². The average Bonchev–Trinajstić information content (AvgIpc) is 3.19. The molecule has 0 radical (unpaired) electrons. The Bertz CT molecular complexity index is 1230. The second-order valence-electron chi connectivity index (χ2n) is 7.69. The summed E-state index contributed by atoms with van der Waals surface area (Å²) in [6, 6.07) is 6.69. The SMILES string of the molecule is CC(=O)N1CCN(S(=O)(=O)c2ccc(-c3nc(Nc4cnn(C)c4)ncc3C)cc2)CC1. The second-order valence-corrected chi connectivity index (χ2v) is 9.63. The van der Waals surface area contributed by atoms with Crippen molar-refractivity contribution in [3.63, 3.8) is 0 Å². The number of carbonyl (C=O) groups excluding carboxylic acids is 1. The van der Waals surface area contributed by atoms with Gasteiger partial charge in [-0.1, -0.05) is 12.1 Å². The Morgan fingerprint density at radius 2 is 1.75 bits per heavy atom. The number of anilines is 2. The molecule has 1 aliphatic rings. The predicted octanol–water partition coefficient (Wildman–Crippen LogP) is 1.78. The normalized spacial score (nSPS) is 15.0. The van der Waals surface area contributed by atoms with E-state index in [1.165, 1.54) is 11.2 Å². The number of rotatable bonds is 5. The van der Waals surface area contributed by atoms with Gasteiger partial charge in [0.2, 0.25) is 21.9 Å². The van der Waals surface area contributed by atoms with Crippen molar-refractivity contribution >= 4 is 27.6 Å². The van der Waals surface area contributed by atoms with Crippen molar-refractivity contribution in [2.75, 3.05) is 31.5 Å². The van der Waals surface area contributed by atoms with E-state index in [4.69, 9.17) is 0 Å². The molecule has 3 heterocycles. The van der Waals surface area contributed by atoms with E-state index in [0.29, 0.717) is 24.7 Å². The molecule has 0 atom stereocenters. The van der Waals surface area contributed by atoms with Gasteiger partial charge in [-0.25, -0.2) is 18.4 Å². The van der Waals surface area contributed by atoms with Crippen LogP contribution in [0.15, 0.2) is 47.8 Å². The molecule has 1 fully saturated rings. The minimum atomic E-state index is -3.63. The van der Waals surface area contributed by atoms with E-state index in [1.54, 1.807) is 46.2 Å². The molecule has 168 valence electrons. The maximum absolute atomic E-state index is 13.0. The fourth-order valence-corrected chi connectivity index (χ4v) is 5.01. The molecule has 0 unspecified atom stereocenters. The van der Waals surface area contributed by atoms with Crippen molar-refractivity contribution in [1.82, 2.24) is 29.0 Å². The summed E-state index contributed by atoms with van der Waals surface area (Å²) in [7, 11) is -1.80. The molecular formula is C21H25N7O3S. The Morgan fingerprint density at radius 3 is 2.34 bits per heavy atom. The third-order valence-corrected chi connectivity index (χ3v) is 7.30. The molecule has 4 rings (SSSR count). The molecule has 10 nitrogen and oxygen atoms in total. The highest BCUT2D eigenvalue weighted by molar-refractivity contribution is 7.89. The lowest BCUT2D eigenvalue weighted by molar-refractivity contribution is -0.129. The molecule has 3 aromatic rings. The monoisotopic (exact) mass is 455 g/mol. The standard InChI is InChI=1S/C21H25N7O3S/c1-15-12-22-21(24-18-13-23-26(3)14-18)25-20(15)17-4-6-19(7-5-17)32(30,31)28-10-8-27(9-11-28)16(2)29/h4-7,12-14H,8-11H2,1-3H3,(H,22,24,25). The van der Waals surface area contributed by atoms with E-state index in [1.807, 2.05) is 20.2 Å². The van der Waals surface area contributed by atoms with Gasteiger partial charge in [-0.05, 0) is 24.6 Å². The minimum Gasteiger partial charge on any atom is -0.340 e. The number of aryl methyl sites for hydroxylation is 2. The van der Waals surface area contributed by atoms with Gasteiger partial charge < -0.3 is 10.2 Å². The largest absolute Gasteiger partial charge is 0.340 e. The fourth-order valence-electron chi connectivity index (χ4n) is 3.59. The molecule has 1 amide bonds. The maximum atomic E-state index is 13.0. The molecule has 1 aliphatic heterocycles. The van der Waals surface area contributed by atoms with Crippen molar-refractivity contribution in [2.24, 2.45) is 7.05 Å². The first kappa shape index (κ1) is 21.9. The van der Waals surface area contributed by atoms with Crippen LogP contribution in [0.25, 0.3) is 11.3 Å². The first-order chi connectivity index (χ1) is 15.2. The lowest BCUT2D eigenvalue weighted by Crippen LogP contribution is -2.49. The Hall–Kier alpha value is -3.31. The van der Waals surface area contributed by atoms with Crippen LogP contribution in [-0.2, 0) is 21.9 Å². The number of hydrogen-bond donors (Lipinski definition) is 1. The lowest BCUT2D eigenvalue weighted by atomic mass is 10.1. The number of benzene rings is 1. The molecule has 1 aromatic carbocycles. The van der Waals surface area contributed by atoms with E-state index in [2.05, 4.69) is 20.4 Å². The molecular weight excluding hydrogens is 430 g/mol. The Kier molecular flexibility index (Phi) is 5.94. The number of amides is 1. The number of nitrogens with zero attached hydrogens (tertiary/aromatic N) is 6. The summed E-state index contributed by atoms with van der Waals surface area (Å²) in [5.74, 6) is 0.391. The van der Waals surface area contributed by atoms with Gasteiger partial charge in [0.25, 0.3) is 0 Å². The summed E-state index contributed by atoms with van der Waals surface area (Å²) < 4.78 is 29.1. The number of aromatic nitrogens is 4. The average molecular weight is 456 g/mol. The van der Waals surface area contributed by atoms with Crippen LogP contribution < -0.4 is 5.32 Å². The Labute approximate surface area is 186 Å². The van der Waals surface area contributed by atoms with E-state index in [0.717, 1.165) is 16.8 Å². The molecule has 11 heteroatoms. The van der Waals surface area contributed by atoms with Crippen molar-refractivity contribution < 1.29 is 13.2 Å². The summed E-state index contributed by atoms with van der Waals surface area (Å²) in [6.07, 6.45) is 5.22. The molecule has 1 N–H and O–H groups in total. The smallest absolute Gasteiger partial charge is 0.243 e. The van der Waals surface area contributed by atoms with Gasteiger partial charge in [-0.15, -0.1) is 0 Å². The third kappa shape index (κ3) is 4.48. The van der Waals surface area contributed by atoms with Gasteiger partial charge in [0.1, 0.15) is 0 Å². The van der Waals surface area contributed by atoms with E-state index in [-0.39, 0.29) is 23.9 Å². The van der Waals surface area contributed by atoms with Crippen molar-refractivity contribution in [2.45, 2.75) is 18.7 Å². The van der Waals surface area contributed by atoms with Crippen molar-refractivity contribution in [3.8, 4) is 11.3 Å². The van der Waals surface area contributed by atoms with Crippen LogP contribution in [0, 0.1) is 6.92 Å². The Morgan fingerprint density at radius 1 is 1.06 bits per heavy atom. The zero-order chi connectivity index (χ0) is 22.9. The van der Waals surface area contributed by atoms with Crippen LogP contribution in [0.3, 0.4) is 0 Å². The number of piperazine rings is 1. The molecule has 0 spiro atoms. The van der Waals surface area contributed by atoms with E-state index in [9.17, 15) is 13.2 Å². The molecule has 32 heavy (non-hydrogen) atoms. The molecule has 0 saturated carbocycles. The van der Waals surface area contributed by atoms with Crippen LogP contribution in [0.4, 0.5) is 11.6 Å². The summed E-state index contributed by atoms with van der Waals surface area (Å²) in [5.41, 5.74) is 3.15. The second kappa shape index (κ2) is 8.67. The highest BCUT2D eigenvalue weighted by Gasteiger charge is 2.29. The Balaban J connectivity index is 1.53. The summed E-state index contributed by atoms with van der Waals surface area (Å²) in [5, 5.41) is 7.23. The highest BCUT2D eigenvalue weighted by Crippen LogP contribution is 2.26. The van der Waals surface area contributed by atoms with Crippen LogP contribution in [0.2, 0.25) is 0 Å². The van der Waals surface area contributed by atoms with Gasteiger partial charge in [0.15, 0.2) is 0 Å². The molecule has 0 aliphatic carbocycles. The molecule has 1 saturated heterocycles. The third-order valence-electron chi connectivity index (χ3n) is 5.38. The number of sulfonamides is 1. The van der Waals surface area contributed by atoms with Gasteiger partial charge in [0, 0.05) is 58.1 Å². The van der Waals surface area contributed by atoms with Crippen molar-refractivity contribution in [1.29, 1.82) is 0 Å². The highest BCUT2D eigenvalue weighted by atomic mass is 32.2. The van der Waals surface area contributed by atoms with Crippen LogP contribution >= 0.6 is 0 Å². The first-order valence-electron chi connectivity index (χ1n) is 10.2. The fraction of sp³-hybridized carbons (Fsp3) is 0.333. The van der Waals surface area contributed by atoms with Crippen LogP contribution in [0.5, 0.6) is 0 Å². The minimum absolute atomic E-state index is 0.0380. The molecule has 0 bridgehead atoms. The maximum Gasteiger partial charge on any atom is 0.243 e. The summed E-state index contributed by atoms with van der Waals surface area (Å²) >= 11 is 0. The zero-order valence-electron chi connectivity index (χ0n) is 18.2. The quantitative estimate of drug-likeness (QED) is 0.624. The predicted molar refractivity (Wildman–Crippen MR) is 120 cm³/mol. The van der Waals surface area contributed by atoms with Crippen LogP contribution in [0.1, 0.15) is 12.5 Å². The number of nitrogens with one attached hydrogen (secondary N) is 1. The van der Waals surface area contributed by atoms with E-state index >= 15 is 0 Å². The lowest BCUT2D eigenvalue weighted by Gasteiger charge is -2.33.